The number of aryl methyl sites for hydroxylation is 1. The molecule has 13 heteroatoms. The molecule has 1 aromatic heterocycles. The van der Waals surface area contributed by atoms with Crippen LogP contribution in [-0.2, 0) is 27.8 Å². The second-order valence-electron chi connectivity index (χ2n) is 11.0. The van der Waals surface area contributed by atoms with E-state index in [1.807, 2.05) is 6.07 Å². The Morgan fingerprint density at radius 1 is 1.04 bits per heavy atom. The average Bonchev–Trinajstić information content (AvgIpc) is 3.36. The smallest absolute Gasteiger partial charge is 0.407 e. The number of nitrogens with one attached hydrogen (secondary N) is 1. The quantitative estimate of drug-likeness (QED) is 0.207. The fraction of sp³-hybridized carbons (Fsp3) is 0.312. The van der Waals surface area contributed by atoms with E-state index in [1.165, 1.54) is 34.8 Å². The third kappa shape index (κ3) is 7.50. The fourth-order valence-corrected chi connectivity index (χ4v) is 7.22. The van der Waals surface area contributed by atoms with Crippen molar-refractivity contribution in [2.75, 3.05) is 13.1 Å². The molecule has 4 aromatic rings. The zero-order valence-electron chi connectivity index (χ0n) is 24.0. The third-order valence-corrected chi connectivity index (χ3v) is 10.2. The van der Waals surface area contributed by atoms with Crippen LogP contribution in [0.4, 0.5) is 13.2 Å². The Labute approximate surface area is 263 Å². The topological polar surface area (TPSA) is 115 Å². The molecule has 0 spiro atoms. The van der Waals surface area contributed by atoms with Crippen LogP contribution in [0.15, 0.2) is 77.8 Å². The summed E-state index contributed by atoms with van der Waals surface area (Å²) in [6.07, 6.45) is -2.65. The van der Waals surface area contributed by atoms with Gasteiger partial charge in [0.2, 0.25) is 10.0 Å². The highest BCUT2D eigenvalue weighted by Gasteiger charge is 2.44. The van der Waals surface area contributed by atoms with E-state index >= 15 is 0 Å². The Kier molecular flexibility index (Phi) is 9.55. The van der Waals surface area contributed by atoms with Crippen molar-refractivity contribution in [1.29, 1.82) is 5.26 Å². The molecule has 1 saturated heterocycles. The van der Waals surface area contributed by atoms with Gasteiger partial charge in [-0.1, -0.05) is 41.9 Å². The standard InChI is InChI=1S/C32H30ClF3N4O4S/c33-24-7-1-22(2-8-24)19-39-20-28(27-11-5-23(18-37)17-29(27)39)31(32(34,35)36)38-25-13-15-40(16-14-25)45(43,44)26-9-3-21(4-10-26)6-12-30(41)42/h1-5,7-11,17,20,25,31,38H,6,12-16,19H2,(H,41,42). The lowest BCUT2D eigenvalue weighted by atomic mass is 10.00. The summed E-state index contributed by atoms with van der Waals surface area (Å²) in [6.45, 7) is 0.342. The van der Waals surface area contributed by atoms with Crippen LogP contribution >= 0.6 is 11.6 Å². The minimum Gasteiger partial charge on any atom is -0.481 e. The summed E-state index contributed by atoms with van der Waals surface area (Å²) in [5.41, 5.74) is 2.35. The molecule has 0 amide bonds. The molecule has 45 heavy (non-hydrogen) atoms. The molecule has 5 rings (SSSR count). The summed E-state index contributed by atoms with van der Waals surface area (Å²) in [5, 5.41) is 22.0. The van der Waals surface area contributed by atoms with Gasteiger partial charge in [0, 0.05) is 59.8 Å². The van der Waals surface area contributed by atoms with Gasteiger partial charge in [-0.3, -0.25) is 10.1 Å². The van der Waals surface area contributed by atoms with E-state index in [0.29, 0.717) is 27.1 Å². The van der Waals surface area contributed by atoms with Gasteiger partial charge < -0.3 is 9.67 Å². The summed E-state index contributed by atoms with van der Waals surface area (Å²) in [4.78, 5) is 10.9. The number of aliphatic carboxylic acids is 1. The number of fused-ring (bicyclic) bond motifs is 1. The molecule has 1 atom stereocenters. The molecular weight excluding hydrogens is 629 g/mol. The third-order valence-electron chi connectivity index (χ3n) is 7.99. The number of nitriles is 1. The Morgan fingerprint density at radius 3 is 2.29 bits per heavy atom. The lowest BCUT2D eigenvalue weighted by Gasteiger charge is -2.34. The summed E-state index contributed by atoms with van der Waals surface area (Å²) in [6, 6.07) is 17.0. The van der Waals surface area contributed by atoms with E-state index in [0.717, 1.165) is 5.56 Å². The van der Waals surface area contributed by atoms with Crippen LogP contribution in [0, 0.1) is 11.3 Å². The van der Waals surface area contributed by atoms with Gasteiger partial charge in [-0.25, -0.2) is 8.42 Å². The predicted octanol–water partition coefficient (Wildman–Crippen LogP) is 6.28. The van der Waals surface area contributed by atoms with Gasteiger partial charge in [-0.2, -0.15) is 22.7 Å². The molecule has 0 bridgehead atoms. The average molecular weight is 659 g/mol. The number of piperidine rings is 1. The van der Waals surface area contributed by atoms with E-state index in [1.54, 1.807) is 47.0 Å². The molecule has 236 valence electrons. The first kappa shape index (κ1) is 32.5. The first-order chi connectivity index (χ1) is 21.3. The van der Waals surface area contributed by atoms with Crippen LogP contribution in [-0.4, -0.2) is 53.7 Å². The lowest BCUT2D eigenvalue weighted by molar-refractivity contribution is -0.160. The number of benzene rings is 3. The first-order valence-corrected chi connectivity index (χ1v) is 16.1. The highest BCUT2D eigenvalue weighted by Crippen LogP contribution is 2.39. The van der Waals surface area contributed by atoms with Gasteiger partial charge >= 0.3 is 12.1 Å². The fourth-order valence-electron chi connectivity index (χ4n) is 5.62. The monoisotopic (exact) mass is 658 g/mol. The second kappa shape index (κ2) is 13.2. The Hall–Kier alpha value is -3.89. The van der Waals surface area contributed by atoms with Crippen molar-refractivity contribution in [1.82, 2.24) is 14.2 Å². The van der Waals surface area contributed by atoms with Crippen LogP contribution < -0.4 is 5.32 Å². The number of halogens is 4. The zero-order valence-corrected chi connectivity index (χ0v) is 25.5. The largest absolute Gasteiger partial charge is 0.481 e. The van der Waals surface area contributed by atoms with Gasteiger partial charge in [0.15, 0.2) is 0 Å². The predicted molar refractivity (Wildman–Crippen MR) is 163 cm³/mol. The maximum Gasteiger partial charge on any atom is 0.407 e. The number of sulfonamides is 1. The van der Waals surface area contributed by atoms with Crippen molar-refractivity contribution in [3.63, 3.8) is 0 Å². The van der Waals surface area contributed by atoms with Crippen molar-refractivity contribution >= 4 is 38.5 Å². The van der Waals surface area contributed by atoms with Crippen LogP contribution in [0.3, 0.4) is 0 Å². The van der Waals surface area contributed by atoms with Crippen molar-refractivity contribution in [3.8, 4) is 6.07 Å². The minimum absolute atomic E-state index is 0.0222. The number of hydrogen-bond acceptors (Lipinski definition) is 5. The summed E-state index contributed by atoms with van der Waals surface area (Å²) in [5.74, 6) is -0.951. The summed E-state index contributed by atoms with van der Waals surface area (Å²) < 4.78 is 73.4. The summed E-state index contributed by atoms with van der Waals surface area (Å²) in [7, 11) is -3.88. The SMILES string of the molecule is N#Cc1ccc2c(C(NC3CCN(S(=O)(=O)c4ccc(CCC(=O)O)cc4)CC3)C(F)(F)F)cn(Cc3ccc(Cl)cc3)c2c1. The van der Waals surface area contributed by atoms with Crippen molar-refractivity contribution in [2.45, 2.75) is 55.4 Å². The molecule has 0 saturated carbocycles. The Morgan fingerprint density at radius 2 is 1.69 bits per heavy atom. The maximum atomic E-state index is 14.7. The van der Waals surface area contributed by atoms with Crippen LogP contribution in [0.2, 0.25) is 5.02 Å². The molecule has 8 nitrogen and oxygen atoms in total. The Balaban J connectivity index is 1.34. The second-order valence-corrected chi connectivity index (χ2v) is 13.4. The number of hydrogen-bond donors (Lipinski definition) is 2. The number of nitrogens with zero attached hydrogens (tertiary/aromatic N) is 3. The number of alkyl halides is 3. The number of carboxylic acids is 1. The van der Waals surface area contributed by atoms with E-state index in [4.69, 9.17) is 16.7 Å². The molecule has 0 radical (unpaired) electrons. The number of aromatic nitrogens is 1. The number of carboxylic acid groups (broad SMARTS) is 1. The normalized spacial score (nSPS) is 15.6. The lowest BCUT2D eigenvalue weighted by Crippen LogP contribution is -2.48. The van der Waals surface area contributed by atoms with Gasteiger partial charge in [0.1, 0.15) is 6.04 Å². The minimum atomic E-state index is -4.65. The number of rotatable bonds is 10. The first-order valence-electron chi connectivity index (χ1n) is 14.3. The van der Waals surface area contributed by atoms with Gasteiger partial charge in [0.05, 0.1) is 16.5 Å². The van der Waals surface area contributed by atoms with Gasteiger partial charge in [0.25, 0.3) is 0 Å². The van der Waals surface area contributed by atoms with Crippen LogP contribution in [0.5, 0.6) is 0 Å². The highest BCUT2D eigenvalue weighted by molar-refractivity contribution is 7.89. The van der Waals surface area contributed by atoms with Gasteiger partial charge in [-0.05, 0) is 66.8 Å². The molecule has 2 heterocycles. The van der Waals surface area contributed by atoms with E-state index in [-0.39, 0.29) is 55.8 Å². The van der Waals surface area contributed by atoms with Gasteiger partial charge in [-0.15, -0.1) is 0 Å². The molecule has 0 aliphatic carbocycles. The molecular formula is C32H30ClF3N4O4S. The highest BCUT2D eigenvalue weighted by atomic mass is 35.5. The van der Waals surface area contributed by atoms with Crippen LogP contribution in [0.1, 0.15) is 47.6 Å². The van der Waals surface area contributed by atoms with E-state index in [2.05, 4.69) is 5.32 Å². The summed E-state index contributed by atoms with van der Waals surface area (Å²) >= 11 is 6.00. The maximum absolute atomic E-state index is 14.7. The molecule has 1 aliphatic rings. The zero-order chi connectivity index (χ0) is 32.4. The van der Waals surface area contributed by atoms with E-state index < -0.39 is 34.3 Å². The van der Waals surface area contributed by atoms with Crippen LogP contribution in [0.25, 0.3) is 10.9 Å². The molecule has 3 aromatic carbocycles. The van der Waals surface area contributed by atoms with Crippen molar-refractivity contribution in [3.05, 3.63) is 100 Å². The molecule has 2 N–H and O–H groups in total. The Bertz CT molecular complexity index is 1830. The molecule has 1 unspecified atom stereocenters. The molecule has 1 aliphatic heterocycles. The van der Waals surface area contributed by atoms with E-state index in [9.17, 15) is 31.6 Å². The number of carbonyl (C=O) groups is 1. The van der Waals surface area contributed by atoms with Crippen molar-refractivity contribution < 1.29 is 31.5 Å². The molecule has 1 fully saturated rings. The van der Waals surface area contributed by atoms with Crippen molar-refractivity contribution in [2.24, 2.45) is 0 Å².